The van der Waals surface area contributed by atoms with Gasteiger partial charge in [-0.2, -0.15) is 13.2 Å². The summed E-state index contributed by atoms with van der Waals surface area (Å²) >= 11 is 0. The van der Waals surface area contributed by atoms with Gasteiger partial charge < -0.3 is 5.32 Å². The summed E-state index contributed by atoms with van der Waals surface area (Å²) < 4.78 is 39.9. The van der Waals surface area contributed by atoms with E-state index >= 15 is 0 Å². The van der Waals surface area contributed by atoms with Crippen molar-refractivity contribution in [2.45, 2.75) is 51.7 Å². The molecule has 1 saturated carbocycles. The lowest BCUT2D eigenvalue weighted by Crippen LogP contribution is -2.22. The topological polar surface area (TPSA) is 70.6 Å². The number of nitrogens with zero attached hydrogens (tertiary/aromatic N) is 1. The van der Waals surface area contributed by atoms with Crippen LogP contribution in [0.15, 0.2) is 35.6 Å². The first-order valence-corrected chi connectivity index (χ1v) is 9.41. The Morgan fingerprint density at radius 3 is 2.71 bits per heavy atom. The number of nitroso groups, excluding NO2 is 1. The van der Waals surface area contributed by atoms with E-state index in [4.69, 9.17) is 0 Å². The van der Waals surface area contributed by atoms with Gasteiger partial charge in [0.05, 0.1) is 10.8 Å². The van der Waals surface area contributed by atoms with Crippen LogP contribution in [0.1, 0.15) is 60.5 Å². The maximum atomic E-state index is 13.3. The lowest BCUT2D eigenvalue weighted by molar-refractivity contribution is -0.138. The van der Waals surface area contributed by atoms with Crippen LogP contribution in [-0.4, -0.2) is 12.5 Å². The van der Waals surface area contributed by atoms with Crippen molar-refractivity contribution in [1.82, 2.24) is 10.7 Å². The van der Waals surface area contributed by atoms with Crippen molar-refractivity contribution in [3.63, 3.8) is 0 Å². The van der Waals surface area contributed by atoms with Crippen molar-refractivity contribution in [3.8, 4) is 0 Å². The van der Waals surface area contributed by atoms with Gasteiger partial charge in [0.25, 0.3) is 5.91 Å². The zero-order chi connectivity index (χ0) is 20.7. The number of carbonyl (C=O) groups is 1. The number of hydrogen-bond acceptors (Lipinski definition) is 4. The standard InChI is InChI=1S/C20H26F3N3O2/c1-13-8-14(2)10-15(9-13)4-3-7-24-12-17-6-5-16(19(27)25-26-28)11-18(17)20(21,22)23/h5-6,11,14-15,24H,1,3-4,7-10,12H2,2H3,(H,25,27,28). The second kappa shape index (κ2) is 9.82. The number of nitrogens with one attached hydrogen (secondary N) is 2. The molecule has 0 radical (unpaired) electrons. The van der Waals surface area contributed by atoms with Gasteiger partial charge in [0, 0.05) is 12.1 Å². The number of alkyl halides is 3. The Labute approximate surface area is 162 Å². The van der Waals surface area contributed by atoms with Gasteiger partial charge in [-0.25, -0.2) is 5.43 Å². The number of halogens is 3. The van der Waals surface area contributed by atoms with E-state index in [1.165, 1.54) is 24.1 Å². The Bertz CT molecular complexity index is 719. The average Bonchev–Trinajstić information content (AvgIpc) is 2.60. The molecular weight excluding hydrogens is 371 g/mol. The van der Waals surface area contributed by atoms with Crippen molar-refractivity contribution in [2.75, 3.05) is 6.54 Å². The molecule has 1 fully saturated rings. The van der Waals surface area contributed by atoms with E-state index < -0.39 is 17.6 Å². The Balaban J connectivity index is 1.89. The zero-order valence-corrected chi connectivity index (χ0v) is 15.9. The number of carbonyl (C=O) groups excluding carboxylic acids is 1. The first kappa shape index (κ1) is 22.1. The monoisotopic (exact) mass is 397 g/mol. The summed E-state index contributed by atoms with van der Waals surface area (Å²) in [6, 6.07) is 3.25. The van der Waals surface area contributed by atoms with Gasteiger partial charge in [-0.3, -0.25) is 4.79 Å². The van der Waals surface area contributed by atoms with Crippen LogP contribution in [0.3, 0.4) is 0 Å². The fourth-order valence-corrected chi connectivity index (χ4v) is 3.92. The maximum Gasteiger partial charge on any atom is 0.416 e. The van der Waals surface area contributed by atoms with Gasteiger partial charge in [0.2, 0.25) is 0 Å². The van der Waals surface area contributed by atoms with Crippen LogP contribution in [0, 0.1) is 16.7 Å². The van der Waals surface area contributed by atoms with Gasteiger partial charge in [-0.05, 0) is 68.2 Å². The van der Waals surface area contributed by atoms with E-state index in [0.29, 0.717) is 18.4 Å². The molecule has 1 aromatic carbocycles. The minimum absolute atomic E-state index is 0.0520. The third-order valence-electron chi connectivity index (χ3n) is 5.06. The van der Waals surface area contributed by atoms with Crippen LogP contribution in [0.4, 0.5) is 13.2 Å². The summed E-state index contributed by atoms with van der Waals surface area (Å²) in [6.07, 6.45) is 0.627. The highest BCUT2D eigenvalue weighted by Crippen LogP contribution is 2.34. The number of allylic oxidation sites excluding steroid dienone is 1. The van der Waals surface area contributed by atoms with Crippen LogP contribution < -0.4 is 10.7 Å². The summed E-state index contributed by atoms with van der Waals surface area (Å²) in [5, 5.41) is 5.25. The molecule has 8 heteroatoms. The number of amides is 1. The van der Waals surface area contributed by atoms with Gasteiger partial charge in [-0.15, -0.1) is 4.91 Å². The first-order chi connectivity index (χ1) is 13.2. The lowest BCUT2D eigenvalue weighted by atomic mass is 9.78. The fourth-order valence-electron chi connectivity index (χ4n) is 3.92. The molecule has 2 atom stereocenters. The van der Waals surface area contributed by atoms with Crippen LogP contribution in [-0.2, 0) is 12.7 Å². The number of benzene rings is 1. The highest BCUT2D eigenvalue weighted by atomic mass is 19.4. The Hall–Kier alpha value is -2.22. The molecule has 5 nitrogen and oxygen atoms in total. The summed E-state index contributed by atoms with van der Waals surface area (Å²) in [7, 11) is 0. The van der Waals surface area contributed by atoms with Gasteiger partial charge in [-0.1, -0.05) is 25.1 Å². The van der Waals surface area contributed by atoms with E-state index in [-0.39, 0.29) is 17.7 Å². The average molecular weight is 397 g/mol. The van der Waals surface area contributed by atoms with Gasteiger partial charge in [0.15, 0.2) is 0 Å². The first-order valence-electron chi connectivity index (χ1n) is 9.41. The molecule has 2 unspecified atom stereocenters. The molecule has 28 heavy (non-hydrogen) atoms. The van der Waals surface area contributed by atoms with E-state index in [2.05, 4.69) is 24.1 Å². The molecule has 2 rings (SSSR count). The second-order valence-corrected chi connectivity index (χ2v) is 7.59. The highest BCUT2D eigenvalue weighted by Gasteiger charge is 2.34. The smallest absolute Gasteiger partial charge is 0.313 e. The normalized spacial score (nSPS) is 20.1. The molecule has 0 saturated heterocycles. The molecule has 154 valence electrons. The van der Waals surface area contributed by atoms with Crippen molar-refractivity contribution in [2.24, 2.45) is 17.1 Å². The molecule has 1 aliphatic carbocycles. The SMILES string of the molecule is C=C1CC(C)CC(CCCNCc2ccc(C(=O)NN=O)cc2C(F)(F)F)C1. The van der Waals surface area contributed by atoms with Crippen LogP contribution in [0.5, 0.6) is 0 Å². The Morgan fingerprint density at radius 1 is 1.32 bits per heavy atom. The minimum atomic E-state index is -4.60. The third kappa shape index (κ3) is 6.44. The van der Waals surface area contributed by atoms with Crippen molar-refractivity contribution >= 4 is 5.91 Å². The Kier molecular flexibility index (Phi) is 7.74. The van der Waals surface area contributed by atoms with Gasteiger partial charge in [0.1, 0.15) is 0 Å². The van der Waals surface area contributed by atoms with Crippen molar-refractivity contribution < 1.29 is 18.0 Å². The highest BCUT2D eigenvalue weighted by molar-refractivity contribution is 5.94. The fraction of sp³-hybridized carbons (Fsp3) is 0.550. The predicted molar refractivity (Wildman–Crippen MR) is 101 cm³/mol. The molecule has 1 aliphatic rings. The largest absolute Gasteiger partial charge is 0.416 e. The molecule has 1 amide bonds. The Morgan fingerprint density at radius 2 is 2.07 bits per heavy atom. The molecule has 1 aromatic rings. The lowest BCUT2D eigenvalue weighted by Gasteiger charge is -2.28. The quantitative estimate of drug-likeness (QED) is 0.281. The summed E-state index contributed by atoms with van der Waals surface area (Å²) in [6.45, 7) is 6.98. The summed E-state index contributed by atoms with van der Waals surface area (Å²) in [5.41, 5.74) is 1.79. The van der Waals surface area contributed by atoms with Gasteiger partial charge >= 0.3 is 6.18 Å². The summed E-state index contributed by atoms with van der Waals surface area (Å²) in [5.74, 6) is 0.287. The van der Waals surface area contributed by atoms with E-state index in [1.807, 2.05) is 0 Å². The van der Waals surface area contributed by atoms with Crippen molar-refractivity contribution in [1.29, 1.82) is 0 Å². The predicted octanol–water partition coefficient (Wildman–Crippen LogP) is 4.98. The molecule has 0 heterocycles. The third-order valence-corrected chi connectivity index (χ3v) is 5.06. The van der Waals surface area contributed by atoms with Crippen LogP contribution in [0.25, 0.3) is 0 Å². The number of hydrogen-bond donors (Lipinski definition) is 2. The van der Waals surface area contributed by atoms with E-state index in [9.17, 15) is 22.9 Å². The number of rotatable bonds is 8. The maximum absolute atomic E-state index is 13.3. The molecule has 2 N–H and O–H groups in total. The zero-order valence-electron chi connectivity index (χ0n) is 15.9. The van der Waals surface area contributed by atoms with E-state index in [0.717, 1.165) is 31.7 Å². The minimum Gasteiger partial charge on any atom is -0.313 e. The van der Waals surface area contributed by atoms with Crippen molar-refractivity contribution in [3.05, 3.63) is 51.9 Å². The molecule has 0 aromatic heterocycles. The van der Waals surface area contributed by atoms with Crippen LogP contribution in [0.2, 0.25) is 0 Å². The van der Waals surface area contributed by atoms with Crippen LogP contribution >= 0.6 is 0 Å². The molecule has 0 bridgehead atoms. The molecule has 0 aliphatic heterocycles. The summed E-state index contributed by atoms with van der Waals surface area (Å²) in [4.78, 5) is 21.6. The van der Waals surface area contributed by atoms with E-state index in [1.54, 1.807) is 5.43 Å². The molecular formula is C20H26F3N3O2. The second-order valence-electron chi connectivity index (χ2n) is 7.59. The molecule has 0 spiro atoms.